The number of aryl methyl sites for hydroxylation is 1. The first-order valence-corrected chi connectivity index (χ1v) is 6.80. The molecule has 1 aromatic rings. The number of hydrogen-bond acceptors (Lipinski definition) is 2. The molecular formula is C13H18FNS. The van der Waals surface area contributed by atoms with Crippen LogP contribution in [0.15, 0.2) is 12.1 Å². The zero-order valence-corrected chi connectivity index (χ0v) is 10.8. The average Bonchev–Trinajstić information content (AvgIpc) is 2.27. The van der Waals surface area contributed by atoms with Gasteiger partial charge in [-0.25, -0.2) is 4.39 Å². The van der Waals surface area contributed by atoms with Gasteiger partial charge in [0.25, 0.3) is 0 Å². The Hall–Kier alpha value is -0.540. The van der Waals surface area contributed by atoms with Gasteiger partial charge in [-0.15, -0.1) is 0 Å². The van der Waals surface area contributed by atoms with Gasteiger partial charge in [-0.2, -0.15) is 11.8 Å². The third-order valence-electron chi connectivity index (χ3n) is 3.33. The molecule has 2 unspecified atom stereocenters. The Morgan fingerprint density at radius 2 is 2.25 bits per heavy atom. The molecule has 88 valence electrons. The molecular weight excluding hydrogens is 221 g/mol. The summed E-state index contributed by atoms with van der Waals surface area (Å²) in [4.78, 5) is 0. The Labute approximate surface area is 101 Å². The number of halogens is 1. The Morgan fingerprint density at radius 1 is 1.50 bits per heavy atom. The molecule has 0 saturated carbocycles. The zero-order chi connectivity index (χ0) is 11.7. The van der Waals surface area contributed by atoms with E-state index in [0.29, 0.717) is 5.25 Å². The van der Waals surface area contributed by atoms with E-state index in [2.05, 4.69) is 12.2 Å². The van der Waals surface area contributed by atoms with Crippen molar-refractivity contribution >= 4 is 11.8 Å². The van der Waals surface area contributed by atoms with Gasteiger partial charge in [-0.1, -0.05) is 6.92 Å². The predicted molar refractivity (Wildman–Crippen MR) is 68.3 cm³/mol. The van der Waals surface area contributed by atoms with E-state index in [9.17, 15) is 4.39 Å². The molecule has 0 aromatic heterocycles. The van der Waals surface area contributed by atoms with E-state index in [1.165, 1.54) is 5.56 Å². The second-order valence-electron chi connectivity index (χ2n) is 4.31. The summed E-state index contributed by atoms with van der Waals surface area (Å²) >= 11 is 1.97. The van der Waals surface area contributed by atoms with Crippen molar-refractivity contribution in [3.8, 4) is 0 Å². The maximum Gasteiger partial charge on any atom is 0.123 e. The fourth-order valence-corrected chi connectivity index (χ4v) is 3.94. The fourth-order valence-electron chi connectivity index (χ4n) is 2.46. The molecule has 0 bridgehead atoms. The maximum absolute atomic E-state index is 13.5. The lowest BCUT2D eigenvalue weighted by Gasteiger charge is -2.33. The first-order chi connectivity index (χ1) is 7.67. The van der Waals surface area contributed by atoms with E-state index in [1.54, 1.807) is 12.1 Å². The molecule has 1 heterocycles. The molecule has 2 rings (SSSR count). The molecule has 1 aliphatic rings. The third kappa shape index (κ3) is 1.98. The van der Waals surface area contributed by atoms with Crippen molar-refractivity contribution in [3.05, 3.63) is 34.6 Å². The van der Waals surface area contributed by atoms with E-state index in [4.69, 9.17) is 0 Å². The molecule has 2 atom stereocenters. The fraction of sp³-hybridized carbons (Fsp3) is 0.538. The summed E-state index contributed by atoms with van der Waals surface area (Å²) in [7, 11) is 1.96. The lowest BCUT2D eigenvalue weighted by molar-refractivity contribution is 0.537. The molecule has 1 N–H and O–H groups in total. The van der Waals surface area contributed by atoms with Crippen molar-refractivity contribution in [2.24, 2.45) is 0 Å². The number of rotatable bonds is 2. The Kier molecular flexibility index (Phi) is 3.55. The van der Waals surface area contributed by atoms with Crippen LogP contribution < -0.4 is 5.32 Å². The second-order valence-corrected chi connectivity index (χ2v) is 5.54. The Balaban J connectivity index is 2.47. The van der Waals surface area contributed by atoms with E-state index in [0.717, 1.165) is 23.3 Å². The van der Waals surface area contributed by atoms with Gasteiger partial charge in [0.05, 0.1) is 0 Å². The van der Waals surface area contributed by atoms with Crippen LogP contribution in [0.25, 0.3) is 0 Å². The van der Waals surface area contributed by atoms with Crippen molar-refractivity contribution in [3.63, 3.8) is 0 Å². The smallest absolute Gasteiger partial charge is 0.123 e. The van der Waals surface area contributed by atoms with Crippen LogP contribution >= 0.6 is 11.8 Å². The summed E-state index contributed by atoms with van der Waals surface area (Å²) in [6.45, 7) is 4.20. The van der Waals surface area contributed by atoms with Crippen LogP contribution in [0.2, 0.25) is 0 Å². The second kappa shape index (κ2) is 4.76. The average molecular weight is 239 g/mol. The first kappa shape index (κ1) is 11.9. The highest BCUT2D eigenvalue weighted by Gasteiger charge is 2.29. The molecule has 0 spiro atoms. The van der Waals surface area contributed by atoms with Gasteiger partial charge in [0.1, 0.15) is 5.82 Å². The molecule has 1 aliphatic heterocycles. The largest absolute Gasteiger partial charge is 0.312 e. The Morgan fingerprint density at radius 3 is 2.88 bits per heavy atom. The lowest BCUT2D eigenvalue weighted by atomic mass is 9.93. The number of fused-ring (bicyclic) bond motifs is 1. The van der Waals surface area contributed by atoms with Crippen LogP contribution in [-0.4, -0.2) is 12.3 Å². The van der Waals surface area contributed by atoms with Gasteiger partial charge < -0.3 is 5.32 Å². The van der Waals surface area contributed by atoms with Crippen molar-refractivity contribution in [1.82, 2.24) is 5.32 Å². The summed E-state index contributed by atoms with van der Waals surface area (Å²) in [5.74, 6) is 0.899. The standard InChI is InChI=1S/C13H18FNS/c1-4-12-13(15-3)10-6-9(14)5-8(2)11(10)7-16-12/h5-6,12-13,15H,4,7H2,1-3H3. The highest BCUT2D eigenvalue weighted by Crippen LogP contribution is 2.40. The van der Waals surface area contributed by atoms with Crippen LogP contribution in [0.5, 0.6) is 0 Å². The molecule has 0 fully saturated rings. The maximum atomic E-state index is 13.5. The molecule has 0 aliphatic carbocycles. The topological polar surface area (TPSA) is 12.0 Å². The van der Waals surface area contributed by atoms with Gasteiger partial charge in [0, 0.05) is 17.0 Å². The van der Waals surface area contributed by atoms with E-state index >= 15 is 0 Å². The van der Waals surface area contributed by atoms with Crippen molar-refractivity contribution in [2.45, 2.75) is 37.3 Å². The molecule has 0 radical (unpaired) electrons. The summed E-state index contributed by atoms with van der Waals surface area (Å²) in [5.41, 5.74) is 3.55. The third-order valence-corrected chi connectivity index (χ3v) is 4.82. The van der Waals surface area contributed by atoms with E-state index < -0.39 is 0 Å². The molecule has 3 heteroatoms. The van der Waals surface area contributed by atoms with Crippen LogP contribution in [0.1, 0.15) is 36.1 Å². The number of benzene rings is 1. The van der Waals surface area contributed by atoms with Gasteiger partial charge in [0.2, 0.25) is 0 Å². The normalized spacial score (nSPS) is 24.2. The number of thioether (sulfide) groups is 1. The van der Waals surface area contributed by atoms with Gasteiger partial charge >= 0.3 is 0 Å². The first-order valence-electron chi connectivity index (χ1n) is 5.75. The minimum Gasteiger partial charge on any atom is -0.312 e. The minimum absolute atomic E-state index is 0.113. The monoisotopic (exact) mass is 239 g/mol. The van der Waals surface area contributed by atoms with Gasteiger partial charge in [-0.05, 0) is 49.2 Å². The Bertz CT molecular complexity index is 392. The summed E-state index contributed by atoms with van der Waals surface area (Å²) in [6, 6.07) is 3.62. The lowest BCUT2D eigenvalue weighted by Crippen LogP contribution is -2.31. The van der Waals surface area contributed by atoms with E-state index in [-0.39, 0.29) is 11.9 Å². The summed E-state index contributed by atoms with van der Waals surface area (Å²) in [5, 5.41) is 3.88. The van der Waals surface area contributed by atoms with Crippen molar-refractivity contribution in [1.29, 1.82) is 0 Å². The highest BCUT2D eigenvalue weighted by atomic mass is 32.2. The van der Waals surface area contributed by atoms with Crippen LogP contribution in [-0.2, 0) is 5.75 Å². The van der Waals surface area contributed by atoms with E-state index in [1.807, 2.05) is 25.7 Å². The summed E-state index contributed by atoms with van der Waals surface area (Å²) < 4.78 is 13.5. The molecule has 16 heavy (non-hydrogen) atoms. The van der Waals surface area contributed by atoms with Gasteiger partial charge in [0.15, 0.2) is 0 Å². The predicted octanol–water partition coefficient (Wildman–Crippen LogP) is 3.42. The van der Waals surface area contributed by atoms with Crippen LogP contribution in [0.4, 0.5) is 4.39 Å². The summed E-state index contributed by atoms with van der Waals surface area (Å²) in [6.07, 6.45) is 1.12. The number of nitrogens with one attached hydrogen (secondary N) is 1. The number of hydrogen-bond donors (Lipinski definition) is 1. The highest BCUT2D eigenvalue weighted by molar-refractivity contribution is 7.99. The van der Waals surface area contributed by atoms with Gasteiger partial charge in [-0.3, -0.25) is 0 Å². The van der Waals surface area contributed by atoms with Crippen molar-refractivity contribution < 1.29 is 4.39 Å². The molecule has 0 saturated heterocycles. The quantitative estimate of drug-likeness (QED) is 0.848. The SMILES string of the molecule is CCC1SCc2c(C)cc(F)cc2C1NC. The molecule has 1 aromatic carbocycles. The zero-order valence-electron chi connectivity index (χ0n) is 10.0. The molecule has 1 nitrogen and oxygen atoms in total. The minimum atomic E-state index is -0.113. The van der Waals surface area contributed by atoms with Crippen molar-refractivity contribution in [2.75, 3.05) is 7.05 Å². The molecule has 0 amide bonds. The van der Waals surface area contributed by atoms with Crippen LogP contribution in [0, 0.1) is 12.7 Å². The van der Waals surface area contributed by atoms with Crippen LogP contribution in [0.3, 0.4) is 0 Å².